The third-order valence-corrected chi connectivity index (χ3v) is 5.26. The zero-order valence-corrected chi connectivity index (χ0v) is 15.3. The molecule has 3 aromatic rings. The quantitative estimate of drug-likeness (QED) is 0.558. The van der Waals surface area contributed by atoms with Crippen LogP contribution in [0.3, 0.4) is 0 Å². The van der Waals surface area contributed by atoms with Gasteiger partial charge in [0.05, 0.1) is 5.69 Å². The van der Waals surface area contributed by atoms with Crippen LogP contribution in [-0.4, -0.2) is 47.2 Å². The Morgan fingerprint density at radius 3 is 2.74 bits per heavy atom. The number of H-pyrrole nitrogens is 1. The van der Waals surface area contributed by atoms with Crippen LogP contribution >= 0.6 is 0 Å². The summed E-state index contributed by atoms with van der Waals surface area (Å²) in [6.45, 7) is 1.85. The molecule has 27 heavy (non-hydrogen) atoms. The number of nitrogens with one attached hydrogen (secondary N) is 1. The van der Waals surface area contributed by atoms with Crippen molar-refractivity contribution in [2.24, 2.45) is 5.92 Å². The molecule has 1 fully saturated rings. The molecule has 1 aliphatic heterocycles. The summed E-state index contributed by atoms with van der Waals surface area (Å²) >= 11 is 0. The van der Waals surface area contributed by atoms with Gasteiger partial charge in [0, 0.05) is 23.0 Å². The Bertz CT molecular complexity index is 973. The Labute approximate surface area is 157 Å². The SMILES string of the molecule is CN1CCC(C(=O)c2cccc(N(C=O)c3c[nH]c4ccccc34)n2)CC1. The van der Waals surface area contributed by atoms with E-state index in [4.69, 9.17) is 0 Å². The number of amides is 1. The van der Waals surface area contributed by atoms with E-state index in [9.17, 15) is 9.59 Å². The predicted molar refractivity (Wildman–Crippen MR) is 105 cm³/mol. The lowest BCUT2D eigenvalue weighted by Crippen LogP contribution is -2.34. The smallest absolute Gasteiger partial charge is 0.219 e. The molecule has 0 atom stereocenters. The zero-order valence-electron chi connectivity index (χ0n) is 15.3. The van der Waals surface area contributed by atoms with Crippen molar-refractivity contribution in [1.29, 1.82) is 0 Å². The highest BCUT2D eigenvalue weighted by atomic mass is 16.1. The average Bonchev–Trinajstić information content (AvgIpc) is 3.13. The van der Waals surface area contributed by atoms with Gasteiger partial charge >= 0.3 is 0 Å². The largest absolute Gasteiger partial charge is 0.359 e. The maximum atomic E-state index is 12.9. The lowest BCUT2D eigenvalue weighted by atomic mass is 9.91. The highest BCUT2D eigenvalue weighted by Gasteiger charge is 2.26. The molecule has 6 heteroatoms. The lowest BCUT2D eigenvalue weighted by Gasteiger charge is -2.27. The van der Waals surface area contributed by atoms with Crippen molar-refractivity contribution in [2.45, 2.75) is 12.8 Å². The molecule has 138 valence electrons. The average molecular weight is 362 g/mol. The molecule has 3 heterocycles. The Hall–Kier alpha value is -2.99. The highest BCUT2D eigenvalue weighted by Crippen LogP contribution is 2.30. The van der Waals surface area contributed by atoms with E-state index in [0.29, 0.717) is 11.5 Å². The Balaban J connectivity index is 1.64. The highest BCUT2D eigenvalue weighted by molar-refractivity contribution is 6.01. The van der Waals surface area contributed by atoms with E-state index < -0.39 is 0 Å². The molecule has 1 N–H and O–H groups in total. The topological polar surface area (TPSA) is 69.3 Å². The number of aromatic nitrogens is 2. The van der Waals surface area contributed by atoms with Gasteiger partial charge in [-0.3, -0.25) is 14.5 Å². The number of Topliss-reactive ketones (excluding diaryl/α,β-unsaturated/α-hetero) is 1. The van der Waals surface area contributed by atoms with Crippen molar-refractivity contribution in [3.63, 3.8) is 0 Å². The molecule has 0 radical (unpaired) electrons. The van der Waals surface area contributed by atoms with Crippen molar-refractivity contribution in [3.8, 4) is 0 Å². The molecule has 1 saturated heterocycles. The maximum Gasteiger partial charge on any atom is 0.219 e. The van der Waals surface area contributed by atoms with Crippen molar-refractivity contribution in [2.75, 3.05) is 25.0 Å². The number of rotatable bonds is 5. The Morgan fingerprint density at radius 1 is 1.19 bits per heavy atom. The van der Waals surface area contributed by atoms with Crippen LogP contribution in [0.2, 0.25) is 0 Å². The summed E-state index contributed by atoms with van der Waals surface area (Å²) in [5.74, 6) is 0.518. The van der Waals surface area contributed by atoms with Gasteiger partial charge in [0.1, 0.15) is 11.5 Å². The first-order valence-electron chi connectivity index (χ1n) is 9.18. The van der Waals surface area contributed by atoms with E-state index in [1.54, 1.807) is 24.4 Å². The van der Waals surface area contributed by atoms with Crippen LogP contribution < -0.4 is 4.90 Å². The standard InChI is InChI=1S/C21H22N4O2/c1-24-11-9-15(10-12-24)21(27)18-7-4-8-20(23-18)25(14-26)19-13-22-17-6-3-2-5-16(17)19/h2-8,13-15,22H,9-12H2,1H3. The van der Waals surface area contributed by atoms with Crippen LogP contribution in [0.4, 0.5) is 11.5 Å². The maximum absolute atomic E-state index is 12.9. The minimum Gasteiger partial charge on any atom is -0.359 e. The molecule has 2 aromatic heterocycles. The molecule has 1 amide bonds. The second-order valence-corrected chi connectivity index (χ2v) is 7.02. The van der Waals surface area contributed by atoms with Crippen LogP contribution in [0.25, 0.3) is 10.9 Å². The third kappa shape index (κ3) is 3.36. The van der Waals surface area contributed by atoms with Gasteiger partial charge in [-0.25, -0.2) is 4.98 Å². The minimum absolute atomic E-state index is 0.00159. The van der Waals surface area contributed by atoms with Gasteiger partial charge in [0.25, 0.3) is 0 Å². The third-order valence-electron chi connectivity index (χ3n) is 5.26. The number of likely N-dealkylation sites (tertiary alicyclic amines) is 1. The summed E-state index contributed by atoms with van der Waals surface area (Å²) in [5, 5.41) is 0.929. The number of pyridine rings is 1. The fraction of sp³-hybridized carbons (Fsp3) is 0.286. The summed E-state index contributed by atoms with van der Waals surface area (Å²) in [7, 11) is 2.07. The number of ketones is 1. The van der Waals surface area contributed by atoms with E-state index >= 15 is 0 Å². The summed E-state index contributed by atoms with van der Waals surface area (Å²) in [6.07, 6.45) is 4.22. The van der Waals surface area contributed by atoms with E-state index in [2.05, 4.69) is 21.9 Å². The monoisotopic (exact) mass is 362 g/mol. The fourth-order valence-corrected chi connectivity index (χ4v) is 3.66. The van der Waals surface area contributed by atoms with E-state index in [0.717, 1.165) is 48.9 Å². The molecule has 0 bridgehead atoms. The van der Waals surface area contributed by atoms with Gasteiger partial charge in [-0.1, -0.05) is 24.3 Å². The van der Waals surface area contributed by atoms with E-state index in [1.807, 2.05) is 24.3 Å². The number of piperidine rings is 1. The van der Waals surface area contributed by atoms with Gasteiger partial charge < -0.3 is 9.88 Å². The molecule has 1 aromatic carbocycles. The molecule has 1 aliphatic rings. The minimum atomic E-state index is 0.00159. The molecule has 0 aliphatic carbocycles. The fourth-order valence-electron chi connectivity index (χ4n) is 3.66. The van der Waals surface area contributed by atoms with Crippen molar-refractivity contribution in [1.82, 2.24) is 14.9 Å². The zero-order chi connectivity index (χ0) is 18.8. The second kappa shape index (κ2) is 7.32. The molecule has 6 nitrogen and oxygen atoms in total. The van der Waals surface area contributed by atoms with E-state index in [-0.39, 0.29) is 11.7 Å². The number of aromatic amines is 1. The predicted octanol–water partition coefficient (Wildman–Crippen LogP) is 3.38. The number of hydrogen-bond acceptors (Lipinski definition) is 4. The first-order chi connectivity index (χ1) is 13.2. The van der Waals surface area contributed by atoms with Crippen molar-refractivity contribution >= 4 is 34.6 Å². The van der Waals surface area contributed by atoms with Crippen LogP contribution in [0, 0.1) is 5.92 Å². The number of carbonyl (C=O) groups excluding carboxylic acids is 2. The normalized spacial score (nSPS) is 15.7. The molecular weight excluding hydrogens is 340 g/mol. The summed E-state index contributed by atoms with van der Waals surface area (Å²) < 4.78 is 0. The van der Waals surface area contributed by atoms with E-state index in [1.165, 1.54) is 4.90 Å². The number of benzene rings is 1. The number of carbonyl (C=O) groups is 2. The van der Waals surface area contributed by atoms with Gasteiger partial charge in [0.2, 0.25) is 6.41 Å². The molecule has 4 rings (SSSR count). The first-order valence-corrected chi connectivity index (χ1v) is 9.18. The van der Waals surface area contributed by atoms with Crippen molar-refractivity contribution in [3.05, 3.63) is 54.4 Å². The van der Waals surface area contributed by atoms with Crippen LogP contribution in [-0.2, 0) is 4.79 Å². The number of anilines is 2. The second-order valence-electron chi connectivity index (χ2n) is 7.02. The number of para-hydroxylation sites is 1. The van der Waals surface area contributed by atoms with Crippen molar-refractivity contribution < 1.29 is 9.59 Å². The molecule has 0 saturated carbocycles. The van der Waals surface area contributed by atoms with Gasteiger partial charge in [-0.05, 0) is 51.2 Å². The summed E-state index contributed by atoms with van der Waals surface area (Å²) in [5.41, 5.74) is 2.09. The molecule has 0 spiro atoms. The van der Waals surface area contributed by atoms with Gasteiger partial charge in [-0.2, -0.15) is 0 Å². The van der Waals surface area contributed by atoms with Gasteiger partial charge in [0.15, 0.2) is 5.78 Å². The van der Waals surface area contributed by atoms with Crippen LogP contribution in [0.15, 0.2) is 48.7 Å². The number of nitrogens with zero attached hydrogens (tertiary/aromatic N) is 3. The Kier molecular flexibility index (Phi) is 4.73. The summed E-state index contributed by atoms with van der Waals surface area (Å²) in [4.78, 5) is 36.1. The number of hydrogen-bond donors (Lipinski definition) is 1. The lowest BCUT2D eigenvalue weighted by molar-refractivity contribution is -0.106. The van der Waals surface area contributed by atoms with Crippen LogP contribution in [0.1, 0.15) is 23.3 Å². The first kappa shape index (κ1) is 17.4. The van der Waals surface area contributed by atoms with Crippen LogP contribution in [0.5, 0.6) is 0 Å². The summed E-state index contributed by atoms with van der Waals surface area (Å²) in [6, 6.07) is 13.0. The molecular formula is C21H22N4O2. The van der Waals surface area contributed by atoms with Gasteiger partial charge in [-0.15, -0.1) is 0 Å². The Morgan fingerprint density at radius 2 is 1.96 bits per heavy atom. The number of fused-ring (bicyclic) bond motifs is 1. The molecule has 0 unspecified atom stereocenters.